The van der Waals surface area contributed by atoms with Crippen LogP contribution in [-0.2, 0) is 6.42 Å². The molecule has 6 heteroatoms. The van der Waals surface area contributed by atoms with Crippen molar-refractivity contribution in [2.75, 3.05) is 6.54 Å². The van der Waals surface area contributed by atoms with Crippen LogP contribution < -0.4 is 11.3 Å². The zero-order valence-electron chi connectivity index (χ0n) is 8.16. The van der Waals surface area contributed by atoms with E-state index >= 15 is 0 Å². The van der Waals surface area contributed by atoms with Gasteiger partial charge in [-0.05, 0) is 29.4 Å². The van der Waals surface area contributed by atoms with Crippen LogP contribution in [0.4, 0.5) is 0 Å². The predicted octanol–water partition coefficient (Wildman–Crippen LogP) is 1.33. The van der Waals surface area contributed by atoms with Gasteiger partial charge in [0.2, 0.25) is 0 Å². The molecule has 0 spiro atoms. The third-order valence-corrected chi connectivity index (χ3v) is 3.88. The number of halogens is 1. The molecule has 80 valence electrons. The Labute approximate surface area is 98.9 Å². The topological polar surface area (TPSA) is 60.4 Å². The van der Waals surface area contributed by atoms with Crippen molar-refractivity contribution in [1.82, 2.24) is 9.38 Å². The van der Waals surface area contributed by atoms with E-state index in [1.807, 2.05) is 12.3 Å². The van der Waals surface area contributed by atoms with Gasteiger partial charge in [0.15, 0.2) is 4.96 Å². The maximum Gasteiger partial charge on any atom is 0.273 e. The monoisotopic (exact) mass is 287 g/mol. The van der Waals surface area contributed by atoms with Gasteiger partial charge in [0.05, 0.1) is 5.69 Å². The van der Waals surface area contributed by atoms with E-state index in [1.165, 1.54) is 11.3 Å². The van der Waals surface area contributed by atoms with Crippen LogP contribution in [0.1, 0.15) is 11.4 Å². The van der Waals surface area contributed by atoms with Gasteiger partial charge >= 0.3 is 0 Å². The van der Waals surface area contributed by atoms with Crippen LogP contribution in [0.2, 0.25) is 0 Å². The number of rotatable bonds is 2. The van der Waals surface area contributed by atoms with Crippen molar-refractivity contribution in [2.24, 2.45) is 5.73 Å². The van der Waals surface area contributed by atoms with Gasteiger partial charge in [0, 0.05) is 17.5 Å². The first kappa shape index (κ1) is 10.8. The first-order valence-electron chi connectivity index (χ1n) is 4.50. The summed E-state index contributed by atoms with van der Waals surface area (Å²) in [6.07, 6.45) is 0.614. The highest BCUT2D eigenvalue weighted by atomic mass is 79.9. The Hall–Kier alpha value is -0.720. The number of fused-ring (bicyclic) bond motifs is 1. The van der Waals surface area contributed by atoms with Gasteiger partial charge in [0.1, 0.15) is 4.47 Å². The summed E-state index contributed by atoms with van der Waals surface area (Å²) in [5.41, 5.74) is 7.06. The van der Waals surface area contributed by atoms with E-state index < -0.39 is 0 Å². The minimum absolute atomic E-state index is 0.0535. The lowest BCUT2D eigenvalue weighted by atomic mass is 10.3. The Morgan fingerprint density at radius 2 is 2.40 bits per heavy atom. The molecule has 0 atom stereocenters. The normalized spacial score (nSPS) is 11.1. The number of thiazole rings is 1. The van der Waals surface area contributed by atoms with Crippen LogP contribution in [0, 0.1) is 6.92 Å². The molecule has 0 radical (unpaired) electrons. The van der Waals surface area contributed by atoms with Gasteiger partial charge in [-0.25, -0.2) is 4.98 Å². The highest BCUT2D eigenvalue weighted by molar-refractivity contribution is 9.10. The summed E-state index contributed by atoms with van der Waals surface area (Å²) >= 11 is 4.74. The fourth-order valence-corrected chi connectivity index (χ4v) is 2.75. The molecule has 0 aliphatic rings. The fraction of sp³-hybridized carbons (Fsp3) is 0.333. The largest absolute Gasteiger partial charge is 0.330 e. The summed E-state index contributed by atoms with van der Waals surface area (Å²) < 4.78 is 2.13. The molecule has 0 aliphatic carbocycles. The molecule has 2 N–H and O–H groups in total. The minimum Gasteiger partial charge on any atom is -0.330 e. The lowest BCUT2D eigenvalue weighted by molar-refractivity contribution is 0.890. The zero-order valence-corrected chi connectivity index (χ0v) is 10.6. The number of hydrogen-bond donors (Lipinski definition) is 1. The van der Waals surface area contributed by atoms with E-state index in [9.17, 15) is 4.79 Å². The molecule has 0 amide bonds. The number of nitrogens with two attached hydrogens (primary N) is 1. The molecule has 0 aromatic carbocycles. The highest BCUT2D eigenvalue weighted by Gasteiger charge is 2.11. The molecule has 4 nitrogen and oxygen atoms in total. The molecule has 2 rings (SSSR count). The summed E-state index contributed by atoms with van der Waals surface area (Å²) in [6.45, 7) is 2.38. The lowest BCUT2D eigenvalue weighted by Gasteiger charge is -2.02. The van der Waals surface area contributed by atoms with Crippen molar-refractivity contribution in [1.29, 1.82) is 0 Å². The Morgan fingerprint density at radius 1 is 1.67 bits per heavy atom. The van der Waals surface area contributed by atoms with Crippen LogP contribution in [0.15, 0.2) is 14.6 Å². The number of aromatic nitrogens is 2. The van der Waals surface area contributed by atoms with E-state index in [1.54, 1.807) is 4.40 Å². The van der Waals surface area contributed by atoms with Crippen LogP contribution >= 0.6 is 27.3 Å². The molecule has 0 saturated heterocycles. The van der Waals surface area contributed by atoms with Gasteiger partial charge < -0.3 is 5.73 Å². The third kappa shape index (κ3) is 1.73. The van der Waals surface area contributed by atoms with Crippen molar-refractivity contribution < 1.29 is 0 Å². The standard InChI is InChI=1S/C9H10BrN3OS/c1-5-4-15-9-12-6(2-3-11)7(10)8(14)13(5)9/h4H,2-3,11H2,1H3. The van der Waals surface area contributed by atoms with E-state index in [-0.39, 0.29) is 5.56 Å². The van der Waals surface area contributed by atoms with E-state index in [2.05, 4.69) is 20.9 Å². The molecule has 0 unspecified atom stereocenters. The van der Waals surface area contributed by atoms with Crippen molar-refractivity contribution in [3.63, 3.8) is 0 Å². The second-order valence-electron chi connectivity index (χ2n) is 3.21. The molecule has 0 fully saturated rings. The van der Waals surface area contributed by atoms with Crippen LogP contribution in [-0.4, -0.2) is 15.9 Å². The number of aryl methyl sites for hydroxylation is 1. The van der Waals surface area contributed by atoms with Crippen LogP contribution in [0.25, 0.3) is 4.96 Å². The Balaban J connectivity index is 2.79. The molecule has 0 bridgehead atoms. The number of nitrogens with zero attached hydrogens (tertiary/aromatic N) is 2. The molecular weight excluding hydrogens is 278 g/mol. The van der Waals surface area contributed by atoms with Gasteiger partial charge in [-0.3, -0.25) is 9.20 Å². The SMILES string of the molecule is Cc1csc2nc(CCN)c(Br)c(=O)n12. The lowest BCUT2D eigenvalue weighted by Crippen LogP contribution is -2.19. The summed E-state index contributed by atoms with van der Waals surface area (Å²) in [5.74, 6) is 0. The zero-order chi connectivity index (χ0) is 11.0. The van der Waals surface area contributed by atoms with Crippen LogP contribution in [0.5, 0.6) is 0 Å². The highest BCUT2D eigenvalue weighted by Crippen LogP contribution is 2.16. The van der Waals surface area contributed by atoms with Crippen molar-refractivity contribution in [2.45, 2.75) is 13.3 Å². The maximum absolute atomic E-state index is 11.9. The van der Waals surface area contributed by atoms with Gasteiger partial charge in [0.25, 0.3) is 5.56 Å². The first-order chi connectivity index (χ1) is 7.15. The van der Waals surface area contributed by atoms with Gasteiger partial charge in [-0.15, -0.1) is 11.3 Å². The molecule has 15 heavy (non-hydrogen) atoms. The second-order valence-corrected chi connectivity index (χ2v) is 4.84. The van der Waals surface area contributed by atoms with Crippen molar-refractivity contribution >= 4 is 32.2 Å². The molecule has 2 heterocycles. The predicted molar refractivity (Wildman–Crippen MR) is 64.5 cm³/mol. The summed E-state index contributed by atoms with van der Waals surface area (Å²) in [5, 5.41) is 1.92. The van der Waals surface area contributed by atoms with E-state index in [0.29, 0.717) is 17.4 Å². The van der Waals surface area contributed by atoms with Crippen LogP contribution in [0.3, 0.4) is 0 Å². The smallest absolute Gasteiger partial charge is 0.273 e. The summed E-state index contributed by atoms with van der Waals surface area (Å²) in [7, 11) is 0. The number of hydrogen-bond acceptors (Lipinski definition) is 4. The molecule has 2 aromatic rings. The second kappa shape index (κ2) is 4.03. The van der Waals surface area contributed by atoms with Gasteiger partial charge in [-0.1, -0.05) is 0 Å². The van der Waals surface area contributed by atoms with E-state index in [0.717, 1.165) is 16.3 Å². The first-order valence-corrected chi connectivity index (χ1v) is 6.17. The van der Waals surface area contributed by atoms with Gasteiger partial charge in [-0.2, -0.15) is 0 Å². The van der Waals surface area contributed by atoms with E-state index in [4.69, 9.17) is 5.73 Å². The average Bonchev–Trinajstić information content (AvgIpc) is 2.56. The molecule has 0 aliphatic heterocycles. The quantitative estimate of drug-likeness (QED) is 0.907. The molecule has 0 saturated carbocycles. The van der Waals surface area contributed by atoms with Crippen molar-refractivity contribution in [3.05, 3.63) is 31.6 Å². The molecular formula is C9H10BrN3OS. The Kier molecular flexibility index (Phi) is 2.90. The molecule has 2 aromatic heterocycles. The Morgan fingerprint density at radius 3 is 3.07 bits per heavy atom. The summed E-state index contributed by atoms with van der Waals surface area (Å²) in [6, 6.07) is 0. The average molecular weight is 288 g/mol. The summed E-state index contributed by atoms with van der Waals surface area (Å²) in [4.78, 5) is 17.1. The van der Waals surface area contributed by atoms with Crippen molar-refractivity contribution in [3.8, 4) is 0 Å². The maximum atomic E-state index is 11.9. The Bertz CT molecular complexity index is 560. The fourth-order valence-electron chi connectivity index (χ4n) is 1.41. The third-order valence-electron chi connectivity index (χ3n) is 2.13. The minimum atomic E-state index is -0.0535.